The lowest BCUT2D eigenvalue weighted by Crippen LogP contribution is -2.28. The first-order chi connectivity index (χ1) is 7.48. The molecule has 0 radical (unpaired) electrons. The average molecular weight is 242 g/mol. The van der Waals surface area contributed by atoms with E-state index in [0.717, 1.165) is 29.3 Å². The zero-order chi connectivity index (χ0) is 12.2. The Kier molecular flexibility index (Phi) is 4.63. The highest BCUT2D eigenvalue weighted by molar-refractivity contribution is 6.30. The quantitative estimate of drug-likeness (QED) is 0.855. The van der Waals surface area contributed by atoms with Crippen LogP contribution in [0.15, 0.2) is 18.2 Å². The summed E-state index contributed by atoms with van der Waals surface area (Å²) < 4.78 is 5.35. The highest BCUT2D eigenvalue weighted by Crippen LogP contribution is 2.29. The van der Waals surface area contributed by atoms with Gasteiger partial charge >= 0.3 is 0 Å². The van der Waals surface area contributed by atoms with Crippen molar-refractivity contribution in [2.45, 2.75) is 20.3 Å². The molecule has 0 aliphatic carbocycles. The normalized spacial score (nSPS) is 11.6. The Bertz CT molecular complexity index is 350. The molecule has 0 aromatic heterocycles. The minimum Gasteiger partial charge on any atom is -0.496 e. The van der Waals surface area contributed by atoms with Gasteiger partial charge in [0.05, 0.1) is 7.11 Å². The van der Waals surface area contributed by atoms with Crippen LogP contribution in [0.25, 0.3) is 0 Å². The molecule has 0 spiro atoms. The lowest BCUT2D eigenvalue weighted by molar-refractivity contribution is 0.339. The number of halogens is 1. The van der Waals surface area contributed by atoms with E-state index in [1.807, 2.05) is 25.2 Å². The van der Waals surface area contributed by atoms with Gasteiger partial charge in [-0.25, -0.2) is 0 Å². The first-order valence-electron chi connectivity index (χ1n) is 5.45. The summed E-state index contributed by atoms with van der Waals surface area (Å²) in [6, 6.07) is 5.76. The van der Waals surface area contributed by atoms with Crippen LogP contribution in [0.2, 0.25) is 5.02 Å². The van der Waals surface area contributed by atoms with E-state index in [4.69, 9.17) is 16.3 Å². The van der Waals surface area contributed by atoms with Crippen LogP contribution in [-0.4, -0.2) is 20.7 Å². The van der Waals surface area contributed by atoms with Crippen LogP contribution >= 0.6 is 11.6 Å². The summed E-state index contributed by atoms with van der Waals surface area (Å²) in [4.78, 5) is 0. The van der Waals surface area contributed by atoms with Gasteiger partial charge in [-0.3, -0.25) is 0 Å². The lowest BCUT2D eigenvalue weighted by Gasteiger charge is -2.25. The zero-order valence-electron chi connectivity index (χ0n) is 10.4. The molecule has 3 heteroatoms. The van der Waals surface area contributed by atoms with E-state index in [1.165, 1.54) is 0 Å². The molecule has 1 aromatic rings. The van der Waals surface area contributed by atoms with Gasteiger partial charge in [0, 0.05) is 11.6 Å². The molecule has 90 valence electrons. The number of rotatable bonds is 5. The van der Waals surface area contributed by atoms with Gasteiger partial charge in [0.25, 0.3) is 0 Å². The number of nitrogens with one attached hydrogen (secondary N) is 1. The molecule has 0 aliphatic rings. The van der Waals surface area contributed by atoms with Gasteiger partial charge in [-0.1, -0.05) is 25.4 Å². The molecule has 0 saturated carbocycles. The lowest BCUT2D eigenvalue weighted by atomic mass is 9.85. The summed E-state index contributed by atoms with van der Waals surface area (Å²) >= 11 is 6.01. The average Bonchev–Trinajstić information content (AvgIpc) is 2.17. The standard InChI is InChI=1S/C13H20ClNO/c1-13(2,9-15-3)8-10-7-11(14)5-6-12(10)16-4/h5-7,15H,8-9H2,1-4H3. The second-order valence-electron chi connectivity index (χ2n) is 4.83. The minimum atomic E-state index is 0.187. The number of benzene rings is 1. The maximum absolute atomic E-state index is 6.01. The maximum atomic E-state index is 6.01. The fourth-order valence-corrected chi connectivity index (χ4v) is 2.14. The van der Waals surface area contributed by atoms with Crippen molar-refractivity contribution in [3.05, 3.63) is 28.8 Å². The van der Waals surface area contributed by atoms with Gasteiger partial charge in [0.15, 0.2) is 0 Å². The first-order valence-corrected chi connectivity index (χ1v) is 5.83. The molecule has 0 saturated heterocycles. The minimum absolute atomic E-state index is 0.187. The third kappa shape index (κ3) is 3.69. The second kappa shape index (κ2) is 5.55. The summed E-state index contributed by atoms with van der Waals surface area (Å²) in [5, 5.41) is 3.97. The van der Waals surface area contributed by atoms with E-state index in [9.17, 15) is 0 Å². The molecule has 0 unspecified atom stereocenters. The van der Waals surface area contributed by atoms with Crippen LogP contribution in [0.3, 0.4) is 0 Å². The van der Waals surface area contributed by atoms with Crippen LogP contribution in [-0.2, 0) is 6.42 Å². The number of ether oxygens (including phenoxy) is 1. The molecule has 16 heavy (non-hydrogen) atoms. The van der Waals surface area contributed by atoms with Gasteiger partial charge in [-0.15, -0.1) is 0 Å². The van der Waals surface area contributed by atoms with Crippen LogP contribution in [0.4, 0.5) is 0 Å². The van der Waals surface area contributed by atoms with Crippen molar-refractivity contribution in [2.75, 3.05) is 20.7 Å². The van der Waals surface area contributed by atoms with Gasteiger partial charge in [0.1, 0.15) is 5.75 Å². The van der Waals surface area contributed by atoms with Crippen LogP contribution in [0.5, 0.6) is 5.75 Å². The predicted octanol–water partition coefficient (Wildman–Crippen LogP) is 3.14. The van der Waals surface area contributed by atoms with E-state index in [0.29, 0.717) is 0 Å². The zero-order valence-corrected chi connectivity index (χ0v) is 11.2. The molecular formula is C13H20ClNO. The molecule has 0 aliphatic heterocycles. The fourth-order valence-electron chi connectivity index (χ4n) is 1.94. The second-order valence-corrected chi connectivity index (χ2v) is 5.26. The summed E-state index contributed by atoms with van der Waals surface area (Å²) in [5.74, 6) is 0.911. The number of hydrogen-bond acceptors (Lipinski definition) is 2. The van der Waals surface area contributed by atoms with E-state index in [2.05, 4.69) is 19.2 Å². The van der Waals surface area contributed by atoms with Gasteiger partial charge in [-0.2, -0.15) is 0 Å². The summed E-state index contributed by atoms with van der Waals surface area (Å²) in [6.07, 6.45) is 0.942. The van der Waals surface area contributed by atoms with Gasteiger partial charge in [0.2, 0.25) is 0 Å². The third-order valence-corrected chi connectivity index (χ3v) is 2.80. The van der Waals surface area contributed by atoms with Crippen molar-refractivity contribution < 1.29 is 4.74 Å². The molecule has 1 aromatic carbocycles. The van der Waals surface area contributed by atoms with E-state index in [-0.39, 0.29) is 5.41 Å². The molecule has 0 amide bonds. The van der Waals surface area contributed by atoms with Crippen LogP contribution < -0.4 is 10.1 Å². The summed E-state index contributed by atoms with van der Waals surface area (Å²) in [6.45, 7) is 5.41. The van der Waals surface area contributed by atoms with E-state index in [1.54, 1.807) is 7.11 Å². The largest absolute Gasteiger partial charge is 0.496 e. The maximum Gasteiger partial charge on any atom is 0.122 e. The van der Waals surface area contributed by atoms with Crippen molar-refractivity contribution in [3.63, 3.8) is 0 Å². The number of hydrogen-bond donors (Lipinski definition) is 1. The van der Waals surface area contributed by atoms with Crippen LogP contribution in [0.1, 0.15) is 19.4 Å². The molecule has 1 rings (SSSR count). The van der Waals surface area contributed by atoms with Gasteiger partial charge in [-0.05, 0) is 42.6 Å². The van der Waals surface area contributed by atoms with Crippen molar-refractivity contribution in [1.82, 2.24) is 5.32 Å². The van der Waals surface area contributed by atoms with Crippen molar-refractivity contribution in [2.24, 2.45) is 5.41 Å². The number of methoxy groups -OCH3 is 1. The Morgan fingerprint density at radius 2 is 2.06 bits per heavy atom. The van der Waals surface area contributed by atoms with E-state index < -0.39 is 0 Å². The third-order valence-electron chi connectivity index (χ3n) is 2.57. The summed E-state index contributed by atoms with van der Waals surface area (Å²) in [7, 11) is 3.66. The molecule has 1 N–H and O–H groups in total. The molecular weight excluding hydrogens is 222 g/mol. The highest BCUT2D eigenvalue weighted by Gasteiger charge is 2.19. The highest BCUT2D eigenvalue weighted by atomic mass is 35.5. The fraction of sp³-hybridized carbons (Fsp3) is 0.538. The van der Waals surface area contributed by atoms with Crippen molar-refractivity contribution in [3.8, 4) is 5.75 Å². The summed E-state index contributed by atoms with van der Waals surface area (Å²) in [5.41, 5.74) is 1.35. The molecule has 0 atom stereocenters. The first kappa shape index (κ1) is 13.3. The topological polar surface area (TPSA) is 21.3 Å². The Hall–Kier alpha value is -0.730. The molecule has 2 nitrogen and oxygen atoms in total. The Morgan fingerprint density at radius 1 is 1.38 bits per heavy atom. The smallest absolute Gasteiger partial charge is 0.122 e. The molecule has 0 heterocycles. The van der Waals surface area contributed by atoms with E-state index >= 15 is 0 Å². The molecule has 0 bridgehead atoms. The monoisotopic (exact) mass is 241 g/mol. The van der Waals surface area contributed by atoms with Crippen molar-refractivity contribution in [1.29, 1.82) is 0 Å². The predicted molar refractivity (Wildman–Crippen MR) is 69.4 cm³/mol. The Balaban J connectivity index is 2.90. The van der Waals surface area contributed by atoms with Crippen molar-refractivity contribution >= 4 is 11.6 Å². The van der Waals surface area contributed by atoms with Crippen LogP contribution in [0, 0.1) is 5.41 Å². The Morgan fingerprint density at radius 3 is 2.62 bits per heavy atom. The van der Waals surface area contributed by atoms with Gasteiger partial charge < -0.3 is 10.1 Å². The SMILES string of the molecule is CNCC(C)(C)Cc1cc(Cl)ccc1OC. The molecule has 0 fully saturated rings. The Labute approximate surface area is 103 Å².